The molecule has 1 N–H and O–H groups in total. The van der Waals surface area contributed by atoms with Crippen LogP contribution >= 0.6 is 23.4 Å². The zero-order chi connectivity index (χ0) is 12.8. The van der Waals surface area contributed by atoms with E-state index in [-0.39, 0.29) is 6.04 Å². The second-order valence-corrected chi connectivity index (χ2v) is 5.91. The standard InChI is InChI=1S/C12H22ClN3S/c1-5-14-11(8-17-6-2)12-10(13)7-15-16(12)9(3)4/h7,9,11,14H,5-6,8H2,1-4H3. The lowest BCUT2D eigenvalue weighted by atomic mass is 10.2. The molecule has 3 nitrogen and oxygen atoms in total. The smallest absolute Gasteiger partial charge is 0.0834 e. The molecule has 1 heterocycles. The molecule has 0 saturated heterocycles. The third-order valence-corrected chi connectivity index (χ3v) is 3.81. The Labute approximate surface area is 113 Å². The lowest BCUT2D eigenvalue weighted by Gasteiger charge is -2.21. The van der Waals surface area contributed by atoms with E-state index in [9.17, 15) is 0 Å². The molecule has 1 aromatic rings. The zero-order valence-electron chi connectivity index (χ0n) is 11.0. The summed E-state index contributed by atoms with van der Waals surface area (Å²) in [4.78, 5) is 0. The van der Waals surface area contributed by atoms with Crippen LogP contribution in [-0.4, -0.2) is 27.8 Å². The van der Waals surface area contributed by atoms with Crippen molar-refractivity contribution in [2.24, 2.45) is 0 Å². The Morgan fingerprint density at radius 1 is 1.47 bits per heavy atom. The van der Waals surface area contributed by atoms with E-state index in [1.54, 1.807) is 6.20 Å². The fraction of sp³-hybridized carbons (Fsp3) is 0.750. The molecule has 0 radical (unpaired) electrons. The van der Waals surface area contributed by atoms with Crippen LogP contribution in [0.4, 0.5) is 0 Å². The van der Waals surface area contributed by atoms with Gasteiger partial charge in [0.2, 0.25) is 0 Å². The maximum absolute atomic E-state index is 6.27. The number of rotatable bonds is 7. The summed E-state index contributed by atoms with van der Waals surface area (Å²) in [6, 6.07) is 0.618. The maximum atomic E-state index is 6.27. The highest BCUT2D eigenvalue weighted by Crippen LogP contribution is 2.27. The Morgan fingerprint density at radius 3 is 2.71 bits per heavy atom. The van der Waals surface area contributed by atoms with Crippen molar-refractivity contribution in [3.63, 3.8) is 0 Å². The van der Waals surface area contributed by atoms with E-state index in [2.05, 4.69) is 38.1 Å². The third-order valence-electron chi connectivity index (χ3n) is 2.55. The van der Waals surface area contributed by atoms with Gasteiger partial charge >= 0.3 is 0 Å². The number of hydrogen-bond acceptors (Lipinski definition) is 3. The largest absolute Gasteiger partial charge is 0.308 e. The van der Waals surface area contributed by atoms with E-state index in [0.29, 0.717) is 6.04 Å². The van der Waals surface area contributed by atoms with Gasteiger partial charge in [0.25, 0.3) is 0 Å². The van der Waals surface area contributed by atoms with Crippen molar-refractivity contribution in [1.82, 2.24) is 15.1 Å². The molecule has 5 heteroatoms. The normalized spacial score (nSPS) is 13.3. The molecule has 17 heavy (non-hydrogen) atoms. The van der Waals surface area contributed by atoms with E-state index in [4.69, 9.17) is 11.6 Å². The Balaban J connectivity index is 2.94. The first kappa shape index (κ1) is 14.9. The van der Waals surface area contributed by atoms with Crippen LogP contribution in [-0.2, 0) is 0 Å². The Bertz CT molecular complexity index is 338. The fourth-order valence-corrected chi connectivity index (χ4v) is 2.81. The van der Waals surface area contributed by atoms with E-state index in [1.165, 1.54) is 0 Å². The van der Waals surface area contributed by atoms with Crippen molar-refractivity contribution < 1.29 is 0 Å². The molecular formula is C12H22ClN3S. The highest BCUT2D eigenvalue weighted by Gasteiger charge is 2.20. The molecule has 0 saturated carbocycles. The van der Waals surface area contributed by atoms with Gasteiger partial charge in [0.05, 0.1) is 23.0 Å². The van der Waals surface area contributed by atoms with Crippen LogP contribution in [0.5, 0.6) is 0 Å². The van der Waals surface area contributed by atoms with Crippen LogP contribution in [0.2, 0.25) is 5.02 Å². The second-order valence-electron chi connectivity index (χ2n) is 4.19. The predicted octanol–water partition coefficient (Wildman–Crippen LogP) is 3.52. The van der Waals surface area contributed by atoms with Crippen LogP contribution in [0, 0.1) is 0 Å². The SMILES string of the molecule is CCNC(CSCC)c1c(Cl)cnn1C(C)C. The molecule has 1 atom stereocenters. The summed E-state index contributed by atoms with van der Waals surface area (Å²) in [7, 11) is 0. The van der Waals surface area contributed by atoms with Gasteiger partial charge in [0.15, 0.2) is 0 Å². The fourth-order valence-electron chi connectivity index (χ4n) is 1.80. The molecule has 0 amide bonds. The topological polar surface area (TPSA) is 29.9 Å². The number of halogens is 1. The van der Waals surface area contributed by atoms with Gasteiger partial charge in [-0.25, -0.2) is 0 Å². The molecule has 1 unspecified atom stereocenters. The monoisotopic (exact) mass is 275 g/mol. The van der Waals surface area contributed by atoms with Gasteiger partial charge in [-0.05, 0) is 26.1 Å². The summed E-state index contributed by atoms with van der Waals surface area (Å²) in [5.41, 5.74) is 1.12. The lowest BCUT2D eigenvalue weighted by molar-refractivity contribution is 0.468. The third kappa shape index (κ3) is 3.90. The molecule has 0 fully saturated rings. The maximum Gasteiger partial charge on any atom is 0.0834 e. The van der Waals surface area contributed by atoms with E-state index < -0.39 is 0 Å². The van der Waals surface area contributed by atoms with Crippen molar-refractivity contribution in [1.29, 1.82) is 0 Å². The molecular weight excluding hydrogens is 254 g/mol. The number of nitrogens with zero attached hydrogens (tertiary/aromatic N) is 2. The molecule has 1 rings (SSSR count). The number of hydrogen-bond donors (Lipinski definition) is 1. The molecule has 0 aromatic carbocycles. The van der Waals surface area contributed by atoms with Crippen LogP contribution in [0.25, 0.3) is 0 Å². The Kier molecular flexibility index (Phi) is 6.38. The first-order valence-electron chi connectivity index (χ1n) is 6.15. The quantitative estimate of drug-likeness (QED) is 0.826. The van der Waals surface area contributed by atoms with E-state index in [0.717, 1.165) is 28.8 Å². The summed E-state index contributed by atoms with van der Waals surface area (Å²) in [5.74, 6) is 2.15. The molecule has 0 aliphatic carbocycles. The molecule has 0 aliphatic heterocycles. The van der Waals surface area contributed by atoms with Gasteiger partial charge in [-0.3, -0.25) is 4.68 Å². The minimum Gasteiger partial charge on any atom is -0.308 e. The average molecular weight is 276 g/mol. The molecule has 0 aliphatic rings. The molecule has 0 spiro atoms. The zero-order valence-corrected chi connectivity index (χ0v) is 12.6. The van der Waals surface area contributed by atoms with Gasteiger partial charge in [0.1, 0.15) is 0 Å². The summed E-state index contributed by atoms with van der Waals surface area (Å²) in [6.07, 6.45) is 1.75. The van der Waals surface area contributed by atoms with E-state index >= 15 is 0 Å². The summed E-state index contributed by atoms with van der Waals surface area (Å²) < 4.78 is 2.02. The van der Waals surface area contributed by atoms with Crippen LogP contribution in [0.15, 0.2) is 6.20 Å². The van der Waals surface area contributed by atoms with Crippen molar-refractivity contribution in [2.45, 2.75) is 39.8 Å². The van der Waals surface area contributed by atoms with Crippen molar-refractivity contribution in [3.8, 4) is 0 Å². The lowest BCUT2D eigenvalue weighted by Crippen LogP contribution is -2.26. The van der Waals surface area contributed by atoms with Gasteiger partial charge in [-0.15, -0.1) is 0 Å². The van der Waals surface area contributed by atoms with Gasteiger partial charge in [0, 0.05) is 11.8 Å². The predicted molar refractivity (Wildman–Crippen MR) is 77.0 cm³/mol. The second kappa shape index (κ2) is 7.29. The average Bonchev–Trinajstić information content (AvgIpc) is 2.66. The summed E-state index contributed by atoms with van der Waals surface area (Å²) in [5, 5.41) is 8.62. The Morgan fingerprint density at radius 2 is 2.18 bits per heavy atom. The molecule has 1 aromatic heterocycles. The van der Waals surface area contributed by atoms with Crippen LogP contribution in [0.3, 0.4) is 0 Å². The Hall–Kier alpha value is -0.190. The van der Waals surface area contributed by atoms with Crippen LogP contribution < -0.4 is 5.32 Å². The van der Waals surface area contributed by atoms with Crippen molar-refractivity contribution in [3.05, 3.63) is 16.9 Å². The number of aromatic nitrogens is 2. The van der Waals surface area contributed by atoms with Gasteiger partial charge < -0.3 is 5.32 Å². The molecule has 98 valence electrons. The molecule has 0 bridgehead atoms. The van der Waals surface area contributed by atoms with Gasteiger partial charge in [-0.1, -0.05) is 25.4 Å². The number of thioether (sulfide) groups is 1. The van der Waals surface area contributed by atoms with Gasteiger partial charge in [-0.2, -0.15) is 16.9 Å². The first-order chi connectivity index (χ1) is 8.11. The van der Waals surface area contributed by atoms with Crippen molar-refractivity contribution >= 4 is 23.4 Å². The summed E-state index contributed by atoms with van der Waals surface area (Å²) >= 11 is 8.19. The first-order valence-corrected chi connectivity index (χ1v) is 7.69. The highest BCUT2D eigenvalue weighted by molar-refractivity contribution is 7.99. The van der Waals surface area contributed by atoms with Crippen LogP contribution in [0.1, 0.15) is 45.5 Å². The minimum absolute atomic E-state index is 0.280. The van der Waals surface area contributed by atoms with E-state index in [1.807, 2.05) is 16.4 Å². The highest BCUT2D eigenvalue weighted by atomic mass is 35.5. The van der Waals surface area contributed by atoms with Crippen molar-refractivity contribution in [2.75, 3.05) is 18.1 Å². The minimum atomic E-state index is 0.280. The number of nitrogens with one attached hydrogen (secondary N) is 1. The summed E-state index contributed by atoms with van der Waals surface area (Å²) in [6.45, 7) is 9.49.